The zero-order chi connectivity index (χ0) is 26.7. The fourth-order valence-corrected chi connectivity index (χ4v) is 3.94. The third-order valence-electron chi connectivity index (χ3n) is 5.57. The first-order chi connectivity index (χ1) is 16.9. The molecule has 2 heterocycles. The van der Waals surface area contributed by atoms with Crippen molar-refractivity contribution in [1.82, 2.24) is 20.3 Å². The van der Waals surface area contributed by atoms with Gasteiger partial charge in [-0.25, -0.2) is 28.7 Å². The van der Waals surface area contributed by atoms with Crippen LogP contribution >= 0.6 is 0 Å². The summed E-state index contributed by atoms with van der Waals surface area (Å²) in [6.07, 6.45) is -4.04. The van der Waals surface area contributed by atoms with E-state index in [0.717, 1.165) is 23.1 Å². The molecule has 1 fully saturated rings. The van der Waals surface area contributed by atoms with E-state index in [4.69, 9.17) is 5.53 Å². The molecular formula is C21H22F6N8O. The summed E-state index contributed by atoms with van der Waals surface area (Å²) in [5.41, 5.74) is 8.26. The van der Waals surface area contributed by atoms with E-state index in [1.165, 1.54) is 14.0 Å². The Balaban J connectivity index is 1.93. The molecule has 0 aliphatic carbocycles. The van der Waals surface area contributed by atoms with Crippen LogP contribution in [-0.4, -0.2) is 58.7 Å². The van der Waals surface area contributed by atoms with Crippen molar-refractivity contribution in [3.63, 3.8) is 0 Å². The zero-order valence-electron chi connectivity index (χ0n) is 19.1. The van der Waals surface area contributed by atoms with E-state index in [-0.39, 0.29) is 29.5 Å². The van der Waals surface area contributed by atoms with Gasteiger partial charge in [0, 0.05) is 38.0 Å². The number of anilines is 1. The number of nitrogens with zero attached hydrogens (tertiary/aromatic N) is 5. The fourth-order valence-electron chi connectivity index (χ4n) is 3.94. The second kappa shape index (κ2) is 10.5. The van der Waals surface area contributed by atoms with Crippen LogP contribution < -0.4 is 10.7 Å². The van der Waals surface area contributed by atoms with Gasteiger partial charge in [-0.3, -0.25) is 4.79 Å². The van der Waals surface area contributed by atoms with Crippen molar-refractivity contribution in [2.24, 2.45) is 16.1 Å². The number of benzene rings is 1. The molecule has 3 N–H and O–H groups in total. The van der Waals surface area contributed by atoms with Gasteiger partial charge in [-0.1, -0.05) is 6.92 Å². The number of rotatable bonds is 6. The molecule has 1 aromatic carbocycles. The summed E-state index contributed by atoms with van der Waals surface area (Å²) in [5, 5.41) is 9.65. The minimum Gasteiger partial charge on any atom is -0.352 e. The monoisotopic (exact) mass is 516 g/mol. The first kappa shape index (κ1) is 26.8. The molecule has 1 saturated heterocycles. The molecule has 3 rings (SSSR count). The number of likely N-dealkylation sites (tertiary alicyclic amines) is 1. The summed E-state index contributed by atoms with van der Waals surface area (Å²) < 4.78 is 81.3. The van der Waals surface area contributed by atoms with Crippen molar-refractivity contribution in [2.75, 3.05) is 25.5 Å². The third-order valence-corrected chi connectivity index (χ3v) is 5.57. The highest BCUT2D eigenvalue weighted by Gasteiger charge is 2.46. The fraction of sp³-hybridized carbons (Fsp3) is 0.429. The summed E-state index contributed by atoms with van der Waals surface area (Å²) in [4.78, 5) is 21.5. The summed E-state index contributed by atoms with van der Waals surface area (Å²) in [6, 6.07) is 2.13. The highest BCUT2D eigenvalue weighted by atomic mass is 19.4. The SMILES string of the molecule is CN/N=C(\N=N)c1ccc(F)cc1C(=O)N1CC(F)(F)CC(C)C1CNc1ncc(C(F)(F)F)cn1. The largest absolute Gasteiger partial charge is 0.419 e. The van der Waals surface area contributed by atoms with Crippen molar-refractivity contribution >= 4 is 17.7 Å². The van der Waals surface area contributed by atoms with E-state index < -0.39 is 54.3 Å². The van der Waals surface area contributed by atoms with Crippen molar-refractivity contribution in [1.29, 1.82) is 5.53 Å². The van der Waals surface area contributed by atoms with Crippen LogP contribution in [0, 0.1) is 17.3 Å². The number of amides is 1. The number of halogens is 6. The third kappa shape index (κ3) is 6.07. The molecule has 0 bridgehead atoms. The Morgan fingerprint density at radius 3 is 2.50 bits per heavy atom. The van der Waals surface area contributed by atoms with Crippen LogP contribution in [-0.2, 0) is 6.18 Å². The van der Waals surface area contributed by atoms with Gasteiger partial charge in [0.1, 0.15) is 5.82 Å². The van der Waals surface area contributed by atoms with Gasteiger partial charge in [0.05, 0.1) is 23.7 Å². The Morgan fingerprint density at radius 2 is 1.92 bits per heavy atom. The van der Waals surface area contributed by atoms with Crippen LogP contribution in [0.15, 0.2) is 40.8 Å². The molecule has 15 heteroatoms. The standard InChI is InChI=1S/C21H22F6N8O/c1-11-6-20(23,24)10-35(16(11)9-32-19-30-7-12(8-31-19)21(25,26)27)18(36)15-5-13(22)3-4-14(15)17(33-28)34-29-2/h3-5,7-8,11,16,28-29H,6,9-10H2,1-2H3,(H,30,31,32)/b33-28?,34-17-. The molecule has 2 atom stereocenters. The van der Waals surface area contributed by atoms with E-state index in [2.05, 4.69) is 30.9 Å². The Labute approximate surface area is 201 Å². The average Bonchev–Trinajstić information content (AvgIpc) is 2.80. The molecule has 1 aliphatic rings. The van der Waals surface area contributed by atoms with Crippen molar-refractivity contribution < 1.29 is 31.1 Å². The maximum absolute atomic E-state index is 14.5. The van der Waals surface area contributed by atoms with Crippen molar-refractivity contribution in [3.8, 4) is 0 Å². The number of alkyl halides is 5. The second-order valence-corrected chi connectivity index (χ2v) is 8.17. The van der Waals surface area contributed by atoms with Gasteiger partial charge in [0.25, 0.3) is 11.8 Å². The summed E-state index contributed by atoms with van der Waals surface area (Å²) in [5.74, 6) is -6.24. The summed E-state index contributed by atoms with van der Waals surface area (Å²) >= 11 is 0. The maximum Gasteiger partial charge on any atom is 0.419 e. The summed E-state index contributed by atoms with van der Waals surface area (Å²) in [6.45, 7) is 0.342. The molecule has 194 valence electrons. The molecule has 1 amide bonds. The van der Waals surface area contributed by atoms with Crippen LogP contribution in [0.2, 0.25) is 0 Å². The zero-order valence-corrected chi connectivity index (χ0v) is 19.1. The van der Waals surface area contributed by atoms with E-state index in [1.54, 1.807) is 0 Å². The lowest BCUT2D eigenvalue weighted by Gasteiger charge is -2.43. The van der Waals surface area contributed by atoms with Crippen molar-refractivity contribution in [2.45, 2.75) is 31.5 Å². The van der Waals surface area contributed by atoms with Gasteiger partial charge in [0.2, 0.25) is 11.8 Å². The minimum absolute atomic E-state index is 0.0509. The number of hydrogen-bond acceptors (Lipinski definition) is 7. The van der Waals surface area contributed by atoms with Crippen LogP contribution in [0.4, 0.5) is 32.3 Å². The van der Waals surface area contributed by atoms with E-state index in [1.807, 2.05) is 0 Å². The quantitative estimate of drug-likeness (QED) is 0.175. The Kier molecular flexibility index (Phi) is 7.79. The molecule has 1 aromatic heterocycles. The highest BCUT2D eigenvalue weighted by Crippen LogP contribution is 2.36. The normalized spacial score (nSPS) is 20.1. The van der Waals surface area contributed by atoms with Gasteiger partial charge in [-0.15, -0.1) is 5.11 Å². The lowest BCUT2D eigenvalue weighted by atomic mass is 9.87. The molecule has 0 spiro atoms. The van der Waals surface area contributed by atoms with Gasteiger partial charge < -0.3 is 15.6 Å². The van der Waals surface area contributed by atoms with Gasteiger partial charge in [-0.05, 0) is 24.1 Å². The minimum atomic E-state index is -4.63. The molecule has 2 aromatic rings. The molecule has 0 saturated carbocycles. The Bertz CT molecular complexity index is 1140. The van der Waals surface area contributed by atoms with Gasteiger partial charge in [0.15, 0.2) is 0 Å². The van der Waals surface area contributed by atoms with Gasteiger partial charge in [-0.2, -0.15) is 18.3 Å². The lowest BCUT2D eigenvalue weighted by Crippen LogP contribution is -2.57. The lowest BCUT2D eigenvalue weighted by molar-refractivity contribution is -0.138. The number of carbonyl (C=O) groups excluding carboxylic acids is 1. The molecule has 2 unspecified atom stereocenters. The molecule has 36 heavy (non-hydrogen) atoms. The predicted octanol–water partition coefficient (Wildman–Crippen LogP) is 4.14. The van der Waals surface area contributed by atoms with Crippen LogP contribution in [0.1, 0.15) is 34.8 Å². The average molecular weight is 516 g/mol. The van der Waals surface area contributed by atoms with E-state index in [0.29, 0.717) is 12.4 Å². The Morgan fingerprint density at radius 1 is 1.25 bits per heavy atom. The number of hydrogen-bond donors (Lipinski definition) is 3. The maximum atomic E-state index is 14.5. The topological polar surface area (TPSA) is 119 Å². The second-order valence-electron chi connectivity index (χ2n) is 8.17. The predicted molar refractivity (Wildman–Crippen MR) is 116 cm³/mol. The van der Waals surface area contributed by atoms with Crippen LogP contribution in [0.5, 0.6) is 0 Å². The molecule has 0 radical (unpaired) electrons. The molecular weight excluding hydrogens is 494 g/mol. The van der Waals surface area contributed by atoms with Crippen molar-refractivity contribution in [3.05, 3.63) is 53.1 Å². The smallest absolute Gasteiger partial charge is 0.352 e. The summed E-state index contributed by atoms with van der Waals surface area (Å²) in [7, 11) is 1.41. The first-order valence-corrected chi connectivity index (χ1v) is 10.6. The Hall–Kier alpha value is -3.78. The van der Waals surface area contributed by atoms with E-state index in [9.17, 15) is 31.1 Å². The number of carbonyl (C=O) groups is 1. The van der Waals surface area contributed by atoms with Crippen LogP contribution in [0.25, 0.3) is 0 Å². The first-order valence-electron chi connectivity index (χ1n) is 10.6. The molecule has 9 nitrogen and oxygen atoms in total. The number of hydrazone groups is 1. The number of nitrogens with one attached hydrogen (secondary N) is 3. The van der Waals surface area contributed by atoms with Crippen LogP contribution in [0.3, 0.4) is 0 Å². The van der Waals surface area contributed by atoms with Gasteiger partial charge >= 0.3 is 6.18 Å². The highest BCUT2D eigenvalue weighted by molar-refractivity contribution is 6.09. The number of amidine groups is 1. The number of aromatic nitrogens is 2. The molecule has 1 aliphatic heterocycles. The number of piperidine rings is 1. The van der Waals surface area contributed by atoms with E-state index >= 15 is 0 Å².